The van der Waals surface area contributed by atoms with Crippen LogP contribution in [0.3, 0.4) is 0 Å². The van der Waals surface area contributed by atoms with Crippen LogP contribution in [0, 0.1) is 30.6 Å². The molecule has 0 N–H and O–H groups in total. The number of benzene rings is 1. The van der Waals surface area contributed by atoms with Gasteiger partial charge in [0.05, 0.1) is 5.56 Å². The second-order valence-corrected chi connectivity index (χ2v) is 8.72. The molecule has 0 aliphatic carbocycles. The van der Waals surface area contributed by atoms with Crippen molar-refractivity contribution in [3.05, 3.63) is 41.5 Å². The Labute approximate surface area is 218 Å². The summed E-state index contributed by atoms with van der Waals surface area (Å²) in [7, 11) is 0. The van der Waals surface area contributed by atoms with Gasteiger partial charge in [-0.3, -0.25) is 14.4 Å². The van der Waals surface area contributed by atoms with E-state index in [1.165, 1.54) is 6.92 Å². The zero-order chi connectivity index (χ0) is 22.8. The van der Waals surface area contributed by atoms with Gasteiger partial charge in [-0.1, -0.05) is 90.0 Å². The summed E-state index contributed by atoms with van der Waals surface area (Å²) in [5.74, 6) is 1.15. The van der Waals surface area contributed by atoms with Gasteiger partial charge >= 0.3 is 5.97 Å². The van der Waals surface area contributed by atoms with E-state index in [9.17, 15) is 14.4 Å². The minimum atomic E-state index is -0.433. The highest BCUT2D eigenvalue weighted by molar-refractivity contribution is 5.99. The Hall–Kier alpha value is -2.23. The molecule has 1 aromatic rings. The summed E-state index contributed by atoms with van der Waals surface area (Å²) < 4.78 is 5.26. The molecule has 35 heavy (non-hydrogen) atoms. The Morgan fingerprint density at radius 1 is 0.857 bits per heavy atom. The number of rotatable bonds is 12. The Kier molecular flexibility index (Phi) is 25.8. The smallest absolute Gasteiger partial charge is 0.308 e. The summed E-state index contributed by atoms with van der Waals surface area (Å²) in [6, 6.07) is 5.32. The molecule has 0 aromatic heterocycles. The lowest BCUT2D eigenvalue weighted by atomic mass is 9.75. The largest absolute Gasteiger partial charge is 0.426 e. The third-order valence-corrected chi connectivity index (χ3v) is 6.12. The number of allylic oxidation sites excluding steroid dienone is 2. The van der Waals surface area contributed by atoms with Crippen molar-refractivity contribution < 1.29 is 19.1 Å². The van der Waals surface area contributed by atoms with Crippen molar-refractivity contribution in [1.29, 1.82) is 0 Å². The van der Waals surface area contributed by atoms with Gasteiger partial charge in [0.2, 0.25) is 0 Å². The Morgan fingerprint density at radius 2 is 1.37 bits per heavy atom. The maximum absolute atomic E-state index is 12.9. The number of esters is 1. The fraction of sp³-hybridized carbons (Fsp3) is 0.645. The fourth-order valence-corrected chi connectivity index (χ4v) is 3.73. The van der Waals surface area contributed by atoms with Gasteiger partial charge in [0, 0.05) is 26.2 Å². The Bertz CT molecular complexity index is 763. The number of carbonyl (C=O) groups excluding carboxylic acids is 3. The van der Waals surface area contributed by atoms with Crippen molar-refractivity contribution in [2.75, 3.05) is 0 Å². The van der Waals surface area contributed by atoms with E-state index in [2.05, 4.69) is 34.6 Å². The van der Waals surface area contributed by atoms with Crippen LogP contribution in [-0.2, 0) is 9.59 Å². The van der Waals surface area contributed by atoms with Crippen molar-refractivity contribution in [3.63, 3.8) is 0 Å². The van der Waals surface area contributed by atoms with E-state index in [0.717, 1.165) is 12.0 Å². The molecule has 206 valence electrons. The molecule has 1 rings (SSSR count). The van der Waals surface area contributed by atoms with Crippen molar-refractivity contribution >= 4 is 17.5 Å². The second-order valence-electron chi connectivity index (χ2n) is 8.72. The lowest BCUT2D eigenvalue weighted by Crippen LogP contribution is -2.25. The highest BCUT2D eigenvalue weighted by atomic mass is 16.5. The summed E-state index contributed by atoms with van der Waals surface area (Å²) in [5, 5.41) is 0. The number of carbonyl (C=O) groups is 3. The molecule has 0 saturated carbocycles. The second kappa shape index (κ2) is 21.1. The predicted molar refractivity (Wildman–Crippen MR) is 155 cm³/mol. The van der Waals surface area contributed by atoms with Gasteiger partial charge in [-0.15, -0.1) is 0 Å². The van der Waals surface area contributed by atoms with Gasteiger partial charge in [0.1, 0.15) is 11.5 Å². The molecule has 0 aliphatic heterocycles. The van der Waals surface area contributed by atoms with Crippen molar-refractivity contribution in [2.24, 2.45) is 23.7 Å². The van der Waals surface area contributed by atoms with Gasteiger partial charge in [0.15, 0.2) is 5.78 Å². The minimum absolute atomic E-state index is 0. The first-order chi connectivity index (χ1) is 14.1. The van der Waals surface area contributed by atoms with Crippen molar-refractivity contribution in [3.8, 4) is 5.75 Å². The molecule has 0 radical (unpaired) electrons. The summed E-state index contributed by atoms with van der Waals surface area (Å²) in [6.45, 7) is 13.8. The summed E-state index contributed by atoms with van der Waals surface area (Å²) in [4.78, 5) is 36.5. The van der Waals surface area contributed by atoms with Crippen LogP contribution in [0.25, 0.3) is 0 Å². The number of hydrogen-bond donors (Lipinski definition) is 0. The third-order valence-electron chi connectivity index (χ3n) is 6.12. The van der Waals surface area contributed by atoms with Crippen LogP contribution in [0.5, 0.6) is 5.75 Å². The molecule has 0 bridgehead atoms. The number of Topliss-reactive ketones (excluding diaryl/α,β-unsaturated/α-hetero) is 2. The molecule has 0 aliphatic rings. The quantitative estimate of drug-likeness (QED) is 0.126. The van der Waals surface area contributed by atoms with Gasteiger partial charge < -0.3 is 4.74 Å². The molecule has 1 aromatic carbocycles. The van der Waals surface area contributed by atoms with E-state index in [1.54, 1.807) is 12.1 Å². The summed E-state index contributed by atoms with van der Waals surface area (Å²) in [5.41, 5.74) is 1.39. The monoisotopic (exact) mass is 494 g/mol. The van der Waals surface area contributed by atoms with Crippen LogP contribution in [0.2, 0.25) is 0 Å². The third kappa shape index (κ3) is 14.7. The number of ether oxygens (including phenoxy) is 1. The lowest BCUT2D eigenvalue weighted by molar-refractivity contribution is -0.131. The van der Waals surface area contributed by atoms with Crippen molar-refractivity contribution in [2.45, 2.75) is 111 Å². The highest BCUT2D eigenvalue weighted by Crippen LogP contribution is 2.32. The summed E-state index contributed by atoms with van der Waals surface area (Å²) >= 11 is 0. The molecule has 0 spiro atoms. The molecule has 0 fully saturated rings. The zero-order valence-corrected chi connectivity index (χ0v) is 19.7. The van der Waals surface area contributed by atoms with E-state index in [4.69, 9.17) is 4.74 Å². The fourth-order valence-electron chi connectivity index (χ4n) is 3.73. The Balaban J connectivity index is -0.000000600. The van der Waals surface area contributed by atoms with E-state index in [0.29, 0.717) is 36.5 Å². The van der Waals surface area contributed by atoms with Crippen LogP contribution >= 0.6 is 0 Å². The number of ketones is 2. The van der Waals surface area contributed by atoms with Gasteiger partial charge in [-0.05, 0) is 54.7 Å². The summed E-state index contributed by atoms with van der Waals surface area (Å²) in [6.07, 6.45) is 6.36. The first-order valence-electron chi connectivity index (χ1n) is 11.1. The van der Waals surface area contributed by atoms with E-state index in [-0.39, 0.29) is 66.5 Å². The number of hydrogen-bond acceptors (Lipinski definition) is 4. The minimum Gasteiger partial charge on any atom is -0.426 e. The average Bonchev–Trinajstić information content (AvgIpc) is 2.66. The van der Waals surface area contributed by atoms with Crippen LogP contribution in [0.15, 0.2) is 30.4 Å². The molecule has 4 atom stereocenters. The zero-order valence-electron chi connectivity index (χ0n) is 19.7. The molecule has 0 saturated heterocycles. The topological polar surface area (TPSA) is 60.4 Å². The van der Waals surface area contributed by atoms with Gasteiger partial charge in [-0.2, -0.15) is 0 Å². The maximum Gasteiger partial charge on any atom is 0.308 e. The van der Waals surface area contributed by atoms with E-state index < -0.39 is 5.97 Å². The Morgan fingerprint density at radius 3 is 1.86 bits per heavy atom. The van der Waals surface area contributed by atoms with Gasteiger partial charge in [-0.25, -0.2) is 0 Å². The van der Waals surface area contributed by atoms with Crippen LogP contribution < -0.4 is 4.74 Å². The molecule has 4 unspecified atom stereocenters. The predicted octanol–water partition coefficient (Wildman–Crippen LogP) is 9.53. The van der Waals surface area contributed by atoms with E-state index in [1.807, 2.05) is 25.1 Å². The lowest BCUT2D eigenvalue weighted by Gasteiger charge is -2.30. The van der Waals surface area contributed by atoms with Crippen LogP contribution in [-0.4, -0.2) is 17.5 Å². The first-order valence-corrected chi connectivity index (χ1v) is 11.1. The normalized spacial score (nSPS) is 13.2. The van der Waals surface area contributed by atoms with Crippen LogP contribution in [0.1, 0.15) is 120 Å². The average molecular weight is 495 g/mol. The maximum atomic E-state index is 12.9. The standard InChI is InChI=1S/C26H38O4.5CH4/c1-8-9-10-11-23(28)15-18(3)20(5)21(6)19(4)16-25(29)24-13-12-17(2)14-26(24)30-22(7)27;;;;;/h9-10,12-14,18-21H,8,11,15-16H2,1-7H3;5*1H4/b10-9-;;;;;. The molecule has 4 nitrogen and oxygen atoms in total. The molecule has 0 amide bonds. The van der Waals surface area contributed by atoms with E-state index >= 15 is 0 Å². The van der Waals surface area contributed by atoms with Gasteiger partial charge in [0.25, 0.3) is 0 Å². The molecular weight excluding hydrogens is 436 g/mol. The number of aryl methyl sites for hydroxylation is 1. The van der Waals surface area contributed by atoms with Crippen molar-refractivity contribution in [1.82, 2.24) is 0 Å². The molecule has 4 heteroatoms. The first kappa shape index (κ1) is 42.9. The highest BCUT2D eigenvalue weighted by Gasteiger charge is 2.27. The van der Waals surface area contributed by atoms with Crippen LogP contribution in [0.4, 0.5) is 0 Å². The molecular formula is C31H58O4. The molecule has 0 heterocycles. The SMILES string of the molecule is C.C.C.C.C.CC/C=C\CC(=O)CC(C)C(C)C(C)C(C)CC(=O)c1ccc(C)cc1OC(C)=O.